The third-order valence-corrected chi connectivity index (χ3v) is 1.59. The van der Waals surface area contributed by atoms with Crippen LogP contribution in [-0.2, 0) is 0 Å². The first-order valence-corrected chi connectivity index (χ1v) is 3.01. The van der Waals surface area contributed by atoms with Crippen LogP contribution in [0.25, 0.3) is 0 Å². The van der Waals surface area contributed by atoms with Crippen LogP contribution in [0.4, 0.5) is 4.39 Å². The second-order valence-corrected chi connectivity index (χ2v) is 2.93. The summed E-state index contributed by atoms with van der Waals surface area (Å²) in [6, 6.07) is 0. The molecule has 0 saturated carbocycles. The number of rotatable bonds is 1. The third kappa shape index (κ3) is 1.20. The van der Waals surface area contributed by atoms with Crippen LogP contribution in [0.1, 0.15) is 13.3 Å². The van der Waals surface area contributed by atoms with Crippen LogP contribution in [0.5, 0.6) is 0 Å². The molecular formula is C6H11FN2. The zero-order valence-corrected chi connectivity index (χ0v) is 5.52. The van der Waals surface area contributed by atoms with Crippen LogP contribution in [0.3, 0.4) is 0 Å². The predicted octanol–water partition coefficient (Wildman–Crippen LogP) is 0.723. The molecule has 0 spiro atoms. The molecule has 0 radical (unpaired) electrons. The van der Waals surface area contributed by atoms with E-state index in [1.165, 1.54) is 0 Å². The van der Waals surface area contributed by atoms with Crippen LogP contribution in [-0.4, -0.2) is 19.1 Å². The van der Waals surface area contributed by atoms with Crippen molar-refractivity contribution in [1.29, 1.82) is 0 Å². The van der Waals surface area contributed by atoms with E-state index in [4.69, 9.17) is 5.73 Å². The Morgan fingerprint density at radius 3 is 2.78 bits per heavy atom. The average molecular weight is 130 g/mol. The fourth-order valence-electron chi connectivity index (χ4n) is 0.931. The zero-order valence-electron chi connectivity index (χ0n) is 5.52. The summed E-state index contributed by atoms with van der Waals surface area (Å²) in [7, 11) is 0. The van der Waals surface area contributed by atoms with Crippen LogP contribution >= 0.6 is 0 Å². The summed E-state index contributed by atoms with van der Waals surface area (Å²) in [4.78, 5) is 3.91. The average Bonchev–Trinajstić information content (AvgIpc) is 2.13. The second kappa shape index (κ2) is 1.97. The number of aliphatic imine (C=N–C) groups is 1. The Morgan fingerprint density at radius 2 is 2.56 bits per heavy atom. The first-order chi connectivity index (χ1) is 4.16. The highest BCUT2D eigenvalue weighted by Gasteiger charge is 2.29. The maximum atomic E-state index is 12.1. The lowest BCUT2D eigenvalue weighted by Gasteiger charge is -2.15. The fraction of sp³-hybridized carbons (Fsp3) is 0.833. The van der Waals surface area contributed by atoms with Gasteiger partial charge < -0.3 is 5.73 Å². The summed E-state index contributed by atoms with van der Waals surface area (Å²) < 4.78 is 12.1. The van der Waals surface area contributed by atoms with Gasteiger partial charge in [0.2, 0.25) is 0 Å². The second-order valence-electron chi connectivity index (χ2n) is 2.93. The van der Waals surface area contributed by atoms with Crippen LogP contribution in [0, 0.1) is 5.41 Å². The maximum Gasteiger partial charge on any atom is 0.0970 e. The molecule has 1 aliphatic rings. The Labute approximate surface area is 54.0 Å². The quantitative estimate of drug-likeness (QED) is 0.558. The standard InChI is InChI=1S/C6H11FN2/c1-6(3-7)2-5(8)9-4-6/h2-4H2,1H3,(H2,8,9). The first-order valence-electron chi connectivity index (χ1n) is 3.01. The highest BCUT2D eigenvalue weighted by atomic mass is 19.1. The number of hydrogen-bond donors (Lipinski definition) is 1. The number of hydrogen-bond acceptors (Lipinski definition) is 2. The van der Waals surface area contributed by atoms with Gasteiger partial charge in [0.15, 0.2) is 0 Å². The van der Waals surface area contributed by atoms with Crippen molar-refractivity contribution in [3.8, 4) is 0 Å². The molecule has 0 amide bonds. The van der Waals surface area contributed by atoms with Crippen LogP contribution < -0.4 is 5.73 Å². The van der Waals surface area contributed by atoms with E-state index in [-0.39, 0.29) is 12.1 Å². The molecule has 2 nitrogen and oxygen atoms in total. The van der Waals surface area contributed by atoms with Crippen molar-refractivity contribution in [2.24, 2.45) is 16.1 Å². The van der Waals surface area contributed by atoms with Gasteiger partial charge in [-0.3, -0.25) is 9.38 Å². The van der Waals surface area contributed by atoms with Gasteiger partial charge in [0.05, 0.1) is 12.5 Å². The van der Waals surface area contributed by atoms with Crippen molar-refractivity contribution >= 4 is 5.84 Å². The largest absolute Gasteiger partial charge is 0.387 e. The Kier molecular flexibility index (Phi) is 1.43. The normalized spacial score (nSPS) is 34.7. The lowest BCUT2D eigenvalue weighted by atomic mass is 9.91. The Morgan fingerprint density at radius 1 is 1.89 bits per heavy atom. The summed E-state index contributed by atoms with van der Waals surface area (Å²) in [6.45, 7) is 2.09. The van der Waals surface area contributed by atoms with E-state index in [2.05, 4.69) is 4.99 Å². The molecule has 0 saturated heterocycles. The Bertz CT molecular complexity index is 144. The molecule has 0 aromatic carbocycles. The zero-order chi connectivity index (χ0) is 6.91. The molecule has 1 atom stereocenters. The molecule has 52 valence electrons. The van der Waals surface area contributed by atoms with E-state index in [9.17, 15) is 4.39 Å². The summed E-state index contributed by atoms with van der Waals surface area (Å²) in [5.74, 6) is 0.593. The molecule has 0 aromatic rings. The lowest BCUT2D eigenvalue weighted by Crippen LogP contribution is -2.22. The monoisotopic (exact) mass is 130 g/mol. The molecule has 1 aliphatic heterocycles. The number of nitrogens with zero attached hydrogens (tertiary/aromatic N) is 1. The van der Waals surface area contributed by atoms with Gasteiger partial charge in [-0.1, -0.05) is 6.92 Å². The van der Waals surface area contributed by atoms with E-state index >= 15 is 0 Å². The number of amidine groups is 1. The van der Waals surface area contributed by atoms with Gasteiger partial charge in [-0.05, 0) is 0 Å². The van der Waals surface area contributed by atoms with Crippen molar-refractivity contribution in [2.45, 2.75) is 13.3 Å². The highest BCUT2D eigenvalue weighted by Crippen LogP contribution is 2.26. The topological polar surface area (TPSA) is 38.4 Å². The van der Waals surface area contributed by atoms with Gasteiger partial charge in [-0.15, -0.1) is 0 Å². The van der Waals surface area contributed by atoms with Gasteiger partial charge in [0.25, 0.3) is 0 Å². The SMILES string of the molecule is CC1(CF)CN=C(N)C1. The molecule has 0 aliphatic carbocycles. The van der Waals surface area contributed by atoms with Gasteiger partial charge in [0, 0.05) is 18.4 Å². The minimum Gasteiger partial charge on any atom is -0.387 e. The summed E-state index contributed by atoms with van der Waals surface area (Å²) in [6.07, 6.45) is 0.615. The summed E-state index contributed by atoms with van der Waals surface area (Å²) in [5, 5.41) is 0. The molecule has 0 aromatic heterocycles. The molecular weight excluding hydrogens is 119 g/mol. The molecule has 9 heavy (non-hydrogen) atoms. The molecule has 1 rings (SSSR count). The summed E-state index contributed by atoms with van der Waals surface area (Å²) in [5.41, 5.74) is 5.08. The minimum absolute atomic E-state index is 0.288. The van der Waals surface area contributed by atoms with E-state index < -0.39 is 0 Å². The minimum atomic E-state index is -0.322. The maximum absolute atomic E-state index is 12.1. The van der Waals surface area contributed by atoms with Crippen LogP contribution in [0.2, 0.25) is 0 Å². The van der Waals surface area contributed by atoms with Gasteiger partial charge in [-0.2, -0.15) is 0 Å². The van der Waals surface area contributed by atoms with Gasteiger partial charge in [0.1, 0.15) is 0 Å². The van der Waals surface area contributed by atoms with Crippen molar-refractivity contribution in [3.63, 3.8) is 0 Å². The van der Waals surface area contributed by atoms with E-state index in [0.29, 0.717) is 18.8 Å². The Hall–Kier alpha value is -0.600. The molecule has 2 N–H and O–H groups in total. The molecule has 0 fully saturated rings. The molecule has 1 heterocycles. The lowest BCUT2D eigenvalue weighted by molar-refractivity contribution is 0.262. The highest BCUT2D eigenvalue weighted by molar-refractivity contribution is 5.82. The number of alkyl halides is 1. The van der Waals surface area contributed by atoms with E-state index in [0.717, 1.165) is 0 Å². The van der Waals surface area contributed by atoms with Crippen molar-refractivity contribution < 1.29 is 4.39 Å². The summed E-state index contributed by atoms with van der Waals surface area (Å²) >= 11 is 0. The fourth-order valence-corrected chi connectivity index (χ4v) is 0.931. The molecule has 3 heteroatoms. The third-order valence-electron chi connectivity index (χ3n) is 1.59. The molecule has 1 unspecified atom stereocenters. The Balaban J connectivity index is 2.53. The van der Waals surface area contributed by atoms with E-state index in [1.54, 1.807) is 0 Å². The first kappa shape index (κ1) is 6.52. The van der Waals surface area contributed by atoms with Crippen molar-refractivity contribution in [1.82, 2.24) is 0 Å². The van der Waals surface area contributed by atoms with Crippen LogP contribution in [0.15, 0.2) is 4.99 Å². The van der Waals surface area contributed by atoms with Crippen molar-refractivity contribution in [2.75, 3.05) is 13.2 Å². The van der Waals surface area contributed by atoms with E-state index in [1.807, 2.05) is 6.92 Å². The van der Waals surface area contributed by atoms with Gasteiger partial charge in [-0.25, -0.2) is 0 Å². The van der Waals surface area contributed by atoms with Crippen molar-refractivity contribution in [3.05, 3.63) is 0 Å². The van der Waals surface area contributed by atoms with Gasteiger partial charge >= 0.3 is 0 Å². The number of halogens is 1. The number of nitrogens with two attached hydrogens (primary N) is 1. The predicted molar refractivity (Wildman–Crippen MR) is 35.2 cm³/mol. The molecule has 0 bridgehead atoms. The smallest absolute Gasteiger partial charge is 0.0970 e.